The van der Waals surface area contributed by atoms with Crippen molar-refractivity contribution in [3.05, 3.63) is 59.2 Å². The number of nitrogens with one attached hydrogen (secondary N) is 2. The Bertz CT molecular complexity index is 808. The molecule has 2 rings (SSSR count). The van der Waals surface area contributed by atoms with Gasteiger partial charge in [0.25, 0.3) is 5.91 Å². The first-order chi connectivity index (χ1) is 12.2. The third-order valence-electron chi connectivity index (χ3n) is 3.58. The topological polar surface area (TPSA) is 84.5 Å². The minimum atomic E-state index is -0.946. The van der Waals surface area contributed by atoms with Crippen molar-refractivity contribution >= 4 is 29.2 Å². The molecule has 6 nitrogen and oxygen atoms in total. The second-order valence-corrected chi connectivity index (χ2v) is 6.17. The number of hydrogen-bond donors (Lipinski definition) is 2. The summed E-state index contributed by atoms with van der Waals surface area (Å²) in [4.78, 5) is 35.4. The Kier molecular flexibility index (Phi) is 6.11. The monoisotopic (exact) mass is 354 g/mol. The minimum absolute atomic E-state index is 0.172. The minimum Gasteiger partial charge on any atom is -0.449 e. The average Bonchev–Trinajstić information content (AvgIpc) is 2.55. The molecule has 2 amide bonds. The van der Waals surface area contributed by atoms with Crippen LogP contribution < -0.4 is 10.6 Å². The SMILES string of the molecule is CC(=O)Nc1ccc(NC(=O)C(C)OC(=O)c2cc(C)cc(C)c2)cc1. The molecular weight excluding hydrogens is 332 g/mol. The highest BCUT2D eigenvalue weighted by Gasteiger charge is 2.19. The molecule has 0 aromatic heterocycles. The van der Waals surface area contributed by atoms with E-state index in [0.29, 0.717) is 16.9 Å². The van der Waals surface area contributed by atoms with Gasteiger partial charge in [0, 0.05) is 18.3 Å². The van der Waals surface area contributed by atoms with Gasteiger partial charge in [-0.1, -0.05) is 17.2 Å². The molecule has 2 N–H and O–H groups in total. The molecule has 0 bridgehead atoms. The molecule has 0 aliphatic carbocycles. The van der Waals surface area contributed by atoms with E-state index in [2.05, 4.69) is 10.6 Å². The molecule has 0 fully saturated rings. The standard InChI is InChI=1S/C20H22N2O4/c1-12-9-13(2)11-16(10-12)20(25)26-14(3)19(24)22-18-7-5-17(6-8-18)21-15(4)23/h5-11,14H,1-4H3,(H,21,23)(H,22,24). The molecular formula is C20H22N2O4. The van der Waals surface area contributed by atoms with Crippen LogP contribution in [0.15, 0.2) is 42.5 Å². The summed E-state index contributed by atoms with van der Waals surface area (Å²) in [7, 11) is 0. The summed E-state index contributed by atoms with van der Waals surface area (Å²) in [6, 6.07) is 12.1. The smallest absolute Gasteiger partial charge is 0.338 e. The van der Waals surface area contributed by atoms with Gasteiger partial charge >= 0.3 is 5.97 Å². The number of benzene rings is 2. The maximum atomic E-state index is 12.2. The van der Waals surface area contributed by atoms with Gasteiger partial charge < -0.3 is 15.4 Å². The van der Waals surface area contributed by atoms with Crippen LogP contribution in [-0.4, -0.2) is 23.9 Å². The highest BCUT2D eigenvalue weighted by molar-refractivity contribution is 5.97. The number of ether oxygens (including phenoxy) is 1. The molecule has 0 aliphatic heterocycles. The Morgan fingerprint density at radius 1 is 0.885 bits per heavy atom. The summed E-state index contributed by atoms with van der Waals surface area (Å²) in [6.07, 6.45) is -0.946. The fraction of sp³-hybridized carbons (Fsp3) is 0.250. The molecule has 2 aromatic carbocycles. The number of carbonyl (C=O) groups is 3. The molecule has 26 heavy (non-hydrogen) atoms. The van der Waals surface area contributed by atoms with Gasteiger partial charge in [-0.05, 0) is 57.2 Å². The molecule has 0 aliphatic rings. The Morgan fingerprint density at radius 2 is 1.38 bits per heavy atom. The van der Waals surface area contributed by atoms with Crippen molar-refractivity contribution in [2.75, 3.05) is 10.6 Å². The van der Waals surface area contributed by atoms with Crippen LogP contribution in [0, 0.1) is 13.8 Å². The molecule has 0 spiro atoms. The van der Waals surface area contributed by atoms with Crippen LogP contribution in [0.1, 0.15) is 35.3 Å². The zero-order valence-corrected chi connectivity index (χ0v) is 15.3. The van der Waals surface area contributed by atoms with Gasteiger partial charge in [-0.3, -0.25) is 9.59 Å². The predicted molar refractivity (Wildman–Crippen MR) is 100 cm³/mol. The number of carbonyl (C=O) groups excluding carboxylic acids is 3. The van der Waals surface area contributed by atoms with Crippen LogP contribution in [0.25, 0.3) is 0 Å². The second kappa shape index (κ2) is 8.29. The summed E-state index contributed by atoms with van der Waals surface area (Å²) in [6.45, 7) is 6.72. The van der Waals surface area contributed by atoms with E-state index in [1.54, 1.807) is 36.4 Å². The van der Waals surface area contributed by atoms with Crippen molar-refractivity contribution in [3.63, 3.8) is 0 Å². The molecule has 0 heterocycles. The quantitative estimate of drug-likeness (QED) is 0.806. The Morgan fingerprint density at radius 3 is 1.88 bits per heavy atom. The van der Waals surface area contributed by atoms with E-state index in [-0.39, 0.29) is 5.91 Å². The van der Waals surface area contributed by atoms with E-state index in [1.807, 2.05) is 19.9 Å². The van der Waals surface area contributed by atoms with Gasteiger partial charge in [0.15, 0.2) is 6.10 Å². The number of hydrogen-bond acceptors (Lipinski definition) is 4. The van der Waals surface area contributed by atoms with Crippen LogP contribution >= 0.6 is 0 Å². The fourth-order valence-corrected chi connectivity index (χ4v) is 2.46. The Hall–Kier alpha value is -3.15. The van der Waals surface area contributed by atoms with Crippen LogP contribution in [-0.2, 0) is 14.3 Å². The lowest BCUT2D eigenvalue weighted by Crippen LogP contribution is -2.30. The number of rotatable bonds is 5. The van der Waals surface area contributed by atoms with Gasteiger partial charge in [-0.2, -0.15) is 0 Å². The number of esters is 1. The van der Waals surface area contributed by atoms with E-state index >= 15 is 0 Å². The van der Waals surface area contributed by atoms with Crippen LogP contribution in [0.4, 0.5) is 11.4 Å². The van der Waals surface area contributed by atoms with E-state index in [0.717, 1.165) is 11.1 Å². The predicted octanol–water partition coefficient (Wildman–Crippen LogP) is 3.45. The lowest BCUT2D eigenvalue weighted by molar-refractivity contribution is -0.123. The highest BCUT2D eigenvalue weighted by atomic mass is 16.5. The lowest BCUT2D eigenvalue weighted by Gasteiger charge is -2.14. The molecule has 0 saturated heterocycles. The first-order valence-electron chi connectivity index (χ1n) is 8.22. The van der Waals surface area contributed by atoms with Gasteiger partial charge in [-0.15, -0.1) is 0 Å². The Labute approximate surface area is 152 Å². The highest BCUT2D eigenvalue weighted by Crippen LogP contribution is 2.15. The molecule has 136 valence electrons. The third kappa shape index (κ3) is 5.44. The molecule has 1 unspecified atom stereocenters. The van der Waals surface area contributed by atoms with Crippen molar-refractivity contribution in [2.45, 2.75) is 33.8 Å². The maximum absolute atomic E-state index is 12.2. The number of anilines is 2. The average molecular weight is 354 g/mol. The number of amides is 2. The van der Waals surface area contributed by atoms with Crippen LogP contribution in [0.3, 0.4) is 0 Å². The van der Waals surface area contributed by atoms with Crippen molar-refractivity contribution in [1.29, 1.82) is 0 Å². The summed E-state index contributed by atoms with van der Waals surface area (Å²) < 4.78 is 5.25. The van der Waals surface area contributed by atoms with Gasteiger partial charge in [0.1, 0.15) is 0 Å². The molecule has 2 aromatic rings. The lowest BCUT2D eigenvalue weighted by atomic mass is 10.1. The van der Waals surface area contributed by atoms with E-state index in [9.17, 15) is 14.4 Å². The van der Waals surface area contributed by atoms with Crippen molar-refractivity contribution in [3.8, 4) is 0 Å². The van der Waals surface area contributed by atoms with Crippen molar-refractivity contribution in [2.24, 2.45) is 0 Å². The zero-order valence-electron chi connectivity index (χ0n) is 15.3. The zero-order chi connectivity index (χ0) is 19.3. The largest absolute Gasteiger partial charge is 0.449 e. The van der Waals surface area contributed by atoms with Gasteiger partial charge in [0.05, 0.1) is 5.56 Å². The van der Waals surface area contributed by atoms with E-state index < -0.39 is 18.0 Å². The van der Waals surface area contributed by atoms with E-state index in [4.69, 9.17) is 4.74 Å². The van der Waals surface area contributed by atoms with Gasteiger partial charge in [0.2, 0.25) is 5.91 Å². The summed E-state index contributed by atoms with van der Waals surface area (Å²) >= 11 is 0. The van der Waals surface area contributed by atoms with Gasteiger partial charge in [-0.25, -0.2) is 4.79 Å². The third-order valence-corrected chi connectivity index (χ3v) is 3.58. The van der Waals surface area contributed by atoms with Crippen LogP contribution in [0.2, 0.25) is 0 Å². The summed E-state index contributed by atoms with van der Waals surface area (Å²) in [5, 5.41) is 5.31. The van der Waals surface area contributed by atoms with Crippen molar-refractivity contribution in [1.82, 2.24) is 0 Å². The second-order valence-electron chi connectivity index (χ2n) is 6.17. The summed E-state index contributed by atoms with van der Waals surface area (Å²) in [5.74, 6) is -1.15. The Balaban J connectivity index is 1.96. The number of aryl methyl sites for hydroxylation is 2. The maximum Gasteiger partial charge on any atom is 0.338 e. The van der Waals surface area contributed by atoms with Crippen molar-refractivity contribution < 1.29 is 19.1 Å². The molecule has 6 heteroatoms. The summed E-state index contributed by atoms with van der Waals surface area (Å²) in [5.41, 5.74) is 3.49. The van der Waals surface area contributed by atoms with E-state index in [1.165, 1.54) is 13.8 Å². The first-order valence-corrected chi connectivity index (χ1v) is 8.22. The first kappa shape index (κ1) is 19.2. The molecule has 0 radical (unpaired) electrons. The fourth-order valence-electron chi connectivity index (χ4n) is 2.46. The molecule has 1 atom stereocenters. The van der Waals surface area contributed by atoms with Crippen LogP contribution in [0.5, 0.6) is 0 Å². The molecule has 0 saturated carbocycles. The normalized spacial score (nSPS) is 11.4.